The number of fused-ring (bicyclic) bond motifs is 1. The number of amides is 1. The molecule has 1 amide bonds. The Kier molecular flexibility index (Phi) is 4.12. The van der Waals surface area contributed by atoms with E-state index in [1.54, 1.807) is 0 Å². The van der Waals surface area contributed by atoms with Crippen molar-refractivity contribution >= 4 is 33.0 Å². The van der Waals surface area contributed by atoms with Crippen LogP contribution in [0.15, 0.2) is 18.2 Å². The van der Waals surface area contributed by atoms with Crippen LogP contribution in [0.3, 0.4) is 0 Å². The van der Waals surface area contributed by atoms with E-state index in [0.717, 1.165) is 34.7 Å². The summed E-state index contributed by atoms with van der Waals surface area (Å²) in [7, 11) is 0. The predicted molar refractivity (Wildman–Crippen MR) is 88.9 cm³/mol. The lowest BCUT2D eigenvalue weighted by Gasteiger charge is -2.05. The fourth-order valence-electron chi connectivity index (χ4n) is 2.36. The number of hydrogen-bond acceptors (Lipinski definition) is 4. The average molecular weight is 303 g/mol. The molecule has 21 heavy (non-hydrogen) atoms. The van der Waals surface area contributed by atoms with Crippen LogP contribution < -0.4 is 16.4 Å². The molecule has 1 fully saturated rings. The summed E-state index contributed by atoms with van der Waals surface area (Å²) in [5.74, 6) is -0.0576. The zero-order valence-corrected chi connectivity index (χ0v) is 13.1. The highest BCUT2D eigenvalue weighted by molar-refractivity contribution is 7.21. The van der Waals surface area contributed by atoms with Crippen LogP contribution in [0.2, 0.25) is 0 Å². The van der Waals surface area contributed by atoms with Crippen LogP contribution in [0.5, 0.6) is 0 Å². The molecule has 1 aromatic heterocycles. The monoisotopic (exact) mass is 303 g/mol. The molecule has 0 radical (unpaired) electrons. The third kappa shape index (κ3) is 3.36. The number of benzene rings is 1. The van der Waals surface area contributed by atoms with Crippen molar-refractivity contribution in [2.45, 2.75) is 32.2 Å². The Morgan fingerprint density at radius 1 is 1.38 bits per heavy atom. The molecule has 0 atom stereocenters. The third-order valence-corrected chi connectivity index (χ3v) is 4.92. The number of anilines is 1. The van der Waals surface area contributed by atoms with E-state index >= 15 is 0 Å². The quantitative estimate of drug-likeness (QED) is 0.719. The van der Waals surface area contributed by atoms with Gasteiger partial charge in [0.25, 0.3) is 5.91 Å². The maximum atomic E-state index is 12.2. The average Bonchev–Trinajstić information content (AvgIpc) is 3.23. The lowest BCUT2D eigenvalue weighted by atomic mass is 10.1. The number of thiophene rings is 1. The Balaban J connectivity index is 1.59. The van der Waals surface area contributed by atoms with Gasteiger partial charge >= 0.3 is 0 Å². The molecule has 0 bridgehead atoms. The number of carbonyl (C=O) groups excluding carboxylic acids is 1. The maximum absolute atomic E-state index is 12.2. The van der Waals surface area contributed by atoms with Crippen molar-refractivity contribution in [1.29, 1.82) is 0 Å². The minimum Gasteiger partial charge on any atom is -0.397 e. The van der Waals surface area contributed by atoms with Gasteiger partial charge in [0.05, 0.1) is 5.69 Å². The first-order valence-electron chi connectivity index (χ1n) is 7.45. The van der Waals surface area contributed by atoms with Crippen LogP contribution in [0.4, 0.5) is 5.69 Å². The Morgan fingerprint density at radius 2 is 2.19 bits per heavy atom. The molecule has 1 aliphatic carbocycles. The van der Waals surface area contributed by atoms with Crippen molar-refractivity contribution in [2.75, 3.05) is 18.8 Å². The van der Waals surface area contributed by atoms with Crippen LogP contribution in [0.25, 0.3) is 10.1 Å². The molecule has 4 nitrogen and oxygen atoms in total. The van der Waals surface area contributed by atoms with Crippen LogP contribution >= 0.6 is 11.3 Å². The zero-order chi connectivity index (χ0) is 14.8. The van der Waals surface area contributed by atoms with E-state index in [4.69, 9.17) is 5.73 Å². The smallest absolute Gasteiger partial charge is 0.263 e. The van der Waals surface area contributed by atoms with Gasteiger partial charge in [0.2, 0.25) is 0 Å². The van der Waals surface area contributed by atoms with E-state index < -0.39 is 0 Å². The van der Waals surface area contributed by atoms with Gasteiger partial charge in [-0.1, -0.05) is 11.6 Å². The van der Waals surface area contributed by atoms with E-state index in [-0.39, 0.29) is 5.91 Å². The van der Waals surface area contributed by atoms with Crippen molar-refractivity contribution < 1.29 is 4.79 Å². The van der Waals surface area contributed by atoms with Crippen molar-refractivity contribution in [3.8, 4) is 0 Å². The Labute approximate surface area is 128 Å². The van der Waals surface area contributed by atoms with Crippen molar-refractivity contribution in [3.63, 3.8) is 0 Å². The summed E-state index contributed by atoms with van der Waals surface area (Å²) in [6.45, 7) is 3.68. The molecular formula is C16H21N3OS. The highest BCUT2D eigenvalue weighted by Crippen LogP contribution is 2.34. The summed E-state index contributed by atoms with van der Waals surface area (Å²) in [6.07, 6.45) is 3.54. The molecule has 1 aromatic carbocycles. The van der Waals surface area contributed by atoms with E-state index in [1.807, 2.05) is 25.1 Å². The number of nitrogens with two attached hydrogens (primary N) is 1. The molecule has 0 saturated heterocycles. The number of carbonyl (C=O) groups is 1. The summed E-state index contributed by atoms with van der Waals surface area (Å²) in [5, 5.41) is 7.38. The predicted octanol–water partition coefficient (Wildman–Crippen LogP) is 2.66. The molecule has 112 valence electrons. The van der Waals surface area contributed by atoms with Gasteiger partial charge in [0.1, 0.15) is 4.88 Å². The van der Waals surface area contributed by atoms with Crippen LogP contribution in [-0.2, 0) is 0 Å². The maximum Gasteiger partial charge on any atom is 0.263 e. The molecule has 0 aliphatic heterocycles. The van der Waals surface area contributed by atoms with Crippen LogP contribution in [-0.4, -0.2) is 25.0 Å². The topological polar surface area (TPSA) is 67.2 Å². The molecule has 1 aliphatic rings. The second-order valence-electron chi connectivity index (χ2n) is 5.68. The summed E-state index contributed by atoms with van der Waals surface area (Å²) in [6, 6.07) is 6.84. The second kappa shape index (κ2) is 6.03. The van der Waals surface area contributed by atoms with Crippen molar-refractivity contribution in [2.24, 2.45) is 0 Å². The van der Waals surface area contributed by atoms with Gasteiger partial charge in [-0.3, -0.25) is 4.79 Å². The van der Waals surface area contributed by atoms with Gasteiger partial charge in [-0.25, -0.2) is 0 Å². The molecular weight excluding hydrogens is 282 g/mol. The lowest BCUT2D eigenvalue weighted by Crippen LogP contribution is -2.27. The largest absolute Gasteiger partial charge is 0.397 e. The molecule has 3 rings (SSSR count). The summed E-state index contributed by atoms with van der Waals surface area (Å²) < 4.78 is 1.07. The number of nitrogen functional groups attached to an aromatic ring is 1. The fourth-order valence-corrected chi connectivity index (χ4v) is 3.38. The third-order valence-electron chi connectivity index (χ3n) is 3.74. The number of hydrogen-bond donors (Lipinski definition) is 3. The Morgan fingerprint density at radius 3 is 2.95 bits per heavy atom. The van der Waals surface area contributed by atoms with Crippen molar-refractivity contribution in [3.05, 3.63) is 28.6 Å². The van der Waals surface area contributed by atoms with Gasteiger partial charge in [-0.05, 0) is 44.9 Å². The zero-order valence-electron chi connectivity index (χ0n) is 12.2. The first kappa shape index (κ1) is 14.4. The molecule has 0 unspecified atom stereocenters. The second-order valence-corrected chi connectivity index (χ2v) is 6.73. The van der Waals surface area contributed by atoms with E-state index in [1.165, 1.54) is 24.2 Å². The lowest BCUT2D eigenvalue weighted by molar-refractivity contribution is 0.0958. The molecule has 5 heteroatoms. The normalized spacial score (nSPS) is 14.5. The molecule has 1 heterocycles. The minimum absolute atomic E-state index is 0.0576. The summed E-state index contributed by atoms with van der Waals surface area (Å²) >= 11 is 1.47. The van der Waals surface area contributed by atoms with Gasteiger partial charge in [0, 0.05) is 22.7 Å². The Hall–Kier alpha value is -1.59. The molecule has 0 spiro atoms. The fraction of sp³-hybridized carbons (Fsp3) is 0.438. The highest BCUT2D eigenvalue weighted by atomic mass is 32.1. The van der Waals surface area contributed by atoms with Crippen LogP contribution in [0.1, 0.15) is 34.5 Å². The van der Waals surface area contributed by atoms with Gasteiger partial charge in [0.15, 0.2) is 0 Å². The highest BCUT2D eigenvalue weighted by Gasteiger charge is 2.19. The number of nitrogens with one attached hydrogen (secondary N) is 2. The summed E-state index contributed by atoms with van der Waals surface area (Å²) in [5.41, 5.74) is 7.89. The van der Waals surface area contributed by atoms with Gasteiger partial charge in [-0.15, -0.1) is 11.3 Å². The van der Waals surface area contributed by atoms with Gasteiger partial charge < -0.3 is 16.4 Å². The SMILES string of the molecule is Cc1ccc2sc(C(=O)NCCCNC3CC3)c(N)c2c1. The minimum atomic E-state index is -0.0576. The molecule has 4 N–H and O–H groups in total. The Bertz CT molecular complexity index is 661. The molecule has 1 saturated carbocycles. The van der Waals surface area contributed by atoms with Crippen LogP contribution in [0, 0.1) is 6.92 Å². The van der Waals surface area contributed by atoms with Crippen molar-refractivity contribution in [1.82, 2.24) is 10.6 Å². The molecule has 2 aromatic rings. The van der Waals surface area contributed by atoms with E-state index in [2.05, 4.69) is 10.6 Å². The van der Waals surface area contributed by atoms with Gasteiger partial charge in [-0.2, -0.15) is 0 Å². The first-order chi connectivity index (χ1) is 10.1. The number of rotatable bonds is 6. The standard InChI is InChI=1S/C16H21N3OS/c1-10-3-6-13-12(9-10)14(17)15(21-13)16(20)19-8-2-7-18-11-4-5-11/h3,6,9,11,18H,2,4-5,7-8,17H2,1H3,(H,19,20). The van der Waals surface area contributed by atoms with E-state index in [0.29, 0.717) is 17.1 Å². The van der Waals surface area contributed by atoms with E-state index in [9.17, 15) is 4.79 Å². The first-order valence-corrected chi connectivity index (χ1v) is 8.27. The summed E-state index contributed by atoms with van der Waals surface area (Å²) in [4.78, 5) is 12.9. The number of aryl methyl sites for hydroxylation is 1.